The summed E-state index contributed by atoms with van der Waals surface area (Å²) in [6, 6.07) is 0. The average molecular weight is 414 g/mol. The molecule has 0 fully saturated rings. The van der Waals surface area contributed by atoms with Gasteiger partial charge in [0.05, 0.1) is 0 Å². The zero-order valence-corrected chi connectivity index (χ0v) is 14.7. The first-order valence-corrected chi connectivity index (χ1v) is 7.99. The van der Waals surface area contributed by atoms with E-state index in [-0.39, 0.29) is 100 Å². The van der Waals surface area contributed by atoms with E-state index < -0.39 is 5.97 Å². The van der Waals surface area contributed by atoms with Crippen LogP contribution < -0.4 is 0 Å². The Morgan fingerprint density at radius 1 is 0.636 bits per heavy atom. The summed E-state index contributed by atoms with van der Waals surface area (Å²) in [7, 11) is 0. The fourth-order valence-electron chi connectivity index (χ4n) is 2.29. The van der Waals surface area contributed by atoms with Crippen molar-refractivity contribution in [3.05, 3.63) is 0 Å². The quantitative estimate of drug-likeness (QED) is 0.335. The number of hydrogen-bond acceptors (Lipinski definition) is 1. The summed E-state index contributed by atoms with van der Waals surface area (Å²) in [6.07, 6.45) is 17.3. The first-order valence-electron chi connectivity index (χ1n) is 7.99. The summed E-state index contributed by atoms with van der Waals surface area (Å²) in [4.78, 5) is 10.3. The normalized spacial score (nSPS) is 8.77. The van der Waals surface area contributed by atoms with Gasteiger partial charge in [0.25, 0.3) is 0 Å². The van der Waals surface area contributed by atoms with Crippen LogP contribution in [0.25, 0.3) is 0 Å². The monoisotopic (exact) mass is 412 g/mol. The molecule has 0 bridgehead atoms. The molecule has 0 amide bonds. The van der Waals surface area contributed by atoms with Crippen molar-refractivity contribution < 1.29 is 9.90 Å². The van der Waals surface area contributed by atoms with Gasteiger partial charge in [-0.3, -0.25) is 4.79 Å². The van der Waals surface area contributed by atoms with Crippen molar-refractivity contribution in [2.24, 2.45) is 0 Å². The maximum absolute atomic E-state index is 10.3. The first-order chi connectivity index (χ1) is 8.77. The molecule has 22 heavy (non-hydrogen) atoms. The SMILES string of the molecule is CCCCCCCCCCCCCCCC(=O)O.Cl.Cl.[CaH2].[CaH2]. The summed E-state index contributed by atoms with van der Waals surface area (Å²) in [5, 5.41) is 8.49. The second-order valence-corrected chi connectivity index (χ2v) is 5.39. The van der Waals surface area contributed by atoms with Gasteiger partial charge in [-0.1, -0.05) is 84.0 Å². The zero-order valence-electron chi connectivity index (χ0n) is 13.1. The van der Waals surface area contributed by atoms with Gasteiger partial charge in [-0.25, -0.2) is 0 Å². The summed E-state index contributed by atoms with van der Waals surface area (Å²) in [6.45, 7) is 2.26. The second kappa shape index (κ2) is 31.3. The predicted molar refractivity (Wildman–Crippen MR) is 110 cm³/mol. The molecule has 0 aromatic heterocycles. The number of rotatable bonds is 14. The van der Waals surface area contributed by atoms with Crippen LogP contribution in [0, 0.1) is 0 Å². The number of halogens is 2. The average Bonchev–Trinajstić information content (AvgIpc) is 2.34. The minimum atomic E-state index is -0.655. The Kier molecular flexibility index (Phi) is 50.8. The van der Waals surface area contributed by atoms with Crippen LogP contribution in [0.3, 0.4) is 0 Å². The Labute approximate surface area is 210 Å². The Hall–Kier alpha value is 2.57. The van der Waals surface area contributed by atoms with Gasteiger partial charge in [0.15, 0.2) is 0 Å². The van der Waals surface area contributed by atoms with E-state index in [4.69, 9.17) is 5.11 Å². The minimum absolute atomic E-state index is 0. The van der Waals surface area contributed by atoms with Crippen molar-refractivity contribution in [1.82, 2.24) is 0 Å². The molecule has 0 aliphatic rings. The van der Waals surface area contributed by atoms with Crippen molar-refractivity contribution in [3.63, 3.8) is 0 Å². The molecule has 2 nitrogen and oxygen atoms in total. The van der Waals surface area contributed by atoms with Gasteiger partial charge in [-0.15, -0.1) is 24.8 Å². The molecular weight excluding hydrogens is 375 g/mol. The second-order valence-electron chi connectivity index (χ2n) is 5.39. The van der Waals surface area contributed by atoms with Gasteiger partial charge in [0.1, 0.15) is 0 Å². The zero-order chi connectivity index (χ0) is 13.5. The van der Waals surface area contributed by atoms with E-state index in [1.807, 2.05) is 0 Å². The molecule has 6 heteroatoms. The Bertz CT molecular complexity index is 197. The van der Waals surface area contributed by atoms with Crippen molar-refractivity contribution in [2.75, 3.05) is 0 Å². The molecule has 0 spiro atoms. The van der Waals surface area contributed by atoms with Crippen LogP contribution in [0.2, 0.25) is 0 Å². The number of carboxylic acids is 1. The molecule has 0 radical (unpaired) electrons. The van der Waals surface area contributed by atoms with Crippen LogP contribution in [0.15, 0.2) is 0 Å². The fraction of sp³-hybridized carbons (Fsp3) is 0.938. The third-order valence-corrected chi connectivity index (χ3v) is 3.49. The van der Waals surface area contributed by atoms with E-state index in [0.717, 1.165) is 12.8 Å². The van der Waals surface area contributed by atoms with E-state index >= 15 is 0 Å². The third kappa shape index (κ3) is 34.0. The van der Waals surface area contributed by atoms with Crippen molar-refractivity contribution in [2.45, 2.75) is 96.8 Å². The van der Waals surface area contributed by atoms with Crippen LogP contribution >= 0.6 is 24.8 Å². The third-order valence-electron chi connectivity index (χ3n) is 3.49. The van der Waals surface area contributed by atoms with E-state index in [9.17, 15) is 4.79 Å². The van der Waals surface area contributed by atoms with E-state index in [1.165, 1.54) is 70.6 Å². The van der Waals surface area contributed by atoms with Crippen molar-refractivity contribution in [3.8, 4) is 0 Å². The van der Waals surface area contributed by atoms with Crippen molar-refractivity contribution in [1.29, 1.82) is 0 Å². The molecule has 0 saturated carbocycles. The number of carbonyl (C=O) groups is 1. The summed E-state index contributed by atoms with van der Waals surface area (Å²) in [5.41, 5.74) is 0. The molecule has 0 saturated heterocycles. The van der Waals surface area contributed by atoms with Crippen molar-refractivity contribution >= 4 is 106 Å². The maximum atomic E-state index is 10.3. The standard InChI is InChI=1S/C16H32O2.2Ca.2ClH.4H/c1-2-3-4-5-6-7-8-9-10-11-12-13-14-15-16(17)18;;;;;;;;/h2-15H2,1H3,(H,17,18);;;2*1H;;;;. The van der Waals surface area contributed by atoms with Crippen LogP contribution in [0.5, 0.6) is 0 Å². The van der Waals surface area contributed by atoms with E-state index in [2.05, 4.69) is 6.92 Å². The Morgan fingerprint density at radius 2 is 0.909 bits per heavy atom. The molecule has 0 aromatic rings. The number of hydrogen-bond donors (Lipinski definition) is 1. The topological polar surface area (TPSA) is 37.3 Å². The van der Waals surface area contributed by atoms with E-state index in [1.54, 1.807) is 0 Å². The van der Waals surface area contributed by atoms with Crippen LogP contribution in [-0.2, 0) is 4.79 Å². The predicted octanol–water partition coefficient (Wildman–Crippen LogP) is 4.56. The molecule has 0 unspecified atom stereocenters. The first kappa shape index (κ1) is 35.6. The summed E-state index contributed by atoms with van der Waals surface area (Å²) >= 11 is 0. The van der Waals surface area contributed by atoms with Crippen LogP contribution in [0.1, 0.15) is 96.8 Å². The molecule has 0 aromatic carbocycles. The van der Waals surface area contributed by atoms with Gasteiger partial charge < -0.3 is 5.11 Å². The molecule has 132 valence electrons. The number of unbranched alkanes of at least 4 members (excludes halogenated alkanes) is 12. The van der Waals surface area contributed by atoms with Gasteiger partial charge >= 0.3 is 81.4 Å². The molecule has 0 aliphatic heterocycles. The summed E-state index contributed by atoms with van der Waals surface area (Å²) in [5.74, 6) is -0.655. The van der Waals surface area contributed by atoms with Crippen LogP contribution in [-0.4, -0.2) is 86.6 Å². The van der Waals surface area contributed by atoms with Crippen LogP contribution in [0.4, 0.5) is 0 Å². The Balaban J connectivity index is -0.000000241. The molecule has 0 rings (SSSR count). The molecular formula is C16H38Ca2Cl2O2. The number of carboxylic acid groups (broad SMARTS) is 1. The molecule has 0 aliphatic carbocycles. The molecule has 1 N–H and O–H groups in total. The van der Waals surface area contributed by atoms with Gasteiger partial charge in [0, 0.05) is 6.42 Å². The van der Waals surface area contributed by atoms with Gasteiger partial charge in [-0.2, -0.15) is 0 Å². The van der Waals surface area contributed by atoms with E-state index in [0.29, 0.717) is 6.42 Å². The fourth-order valence-corrected chi connectivity index (χ4v) is 2.29. The van der Waals surface area contributed by atoms with Gasteiger partial charge in [-0.05, 0) is 6.42 Å². The Morgan fingerprint density at radius 3 is 1.18 bits per heavy atom. The number of aliphatic carboxylic acids is 1. The molecule has 0 heterocycles. The summed E-state index contributed by atoms with van der Waals surface area (Å²) < 4.78 is 0. The molecule has 0 atom stereocenters. The van der Waals surface area contributed by atoms with Gasteiger partial charge in [0.2, 0.25) is 0 Å².